The zero-order chi connectivity index (χ0) is 13.2. The maximum Gasteiger partial charge on any atom is 0.195 e. The monoisotopic (exact) mass is 290 g/mol. The van der Waals surface area contributed by atoms with E-state index in [4.69, 9.17) is 17.3 Å². The lowest BCUT2D eigenvalue weighted by Gasteiger charge is -2.05. The number of nitrogens with zero attached hydrogens (tertiary/aromatic N) is 3. The Morgan fingerprint density at radius 1 is 1.21 bits per heavy atom. The van der Waals surface area contributed by atoms with Gasteiger partial charge in [-0.1, -0.05) is 35.5 Å². The molecular weight excluding hydrogens is 280 g/mol. The van der Waals surface area contributed by atoms with Gasteiger partial charge in [0.25, 0.3) is 0 Å². The molecule has 96 valence electrons. The summed E-state index contributed by atoms with van der Waals surface area (Å²) in [4.78, 5) is 0. The van der Waals surface area contributed by atoms with Gasteiger partial charge >= 0.3 is 0 Å². The van der Waals surface area contributed by atoms with Crippen molar-refractivity contribution >= 4 is 34.7 Å². The van der Waals surface area contributed by atoms with Gasteiger partial charge in [-0.15, -0.1) is 10.2 Å². The number of nitrogen functional groups attached to an aromatic ring is 1. The van der Waals surface area contributed by atoms with Crippen LogP contribution < -0.4 is 5.73 Å². The summed E-state index contributed by atoms with van der Waals surface area (Å²) in [6.45, 7) is 0. The summed E-state index contributed by atoms with van der Waals surface area (Å²) >= 11 is 7.48. The SMILES string of the molecule is Nc1cc(Cl)ccc1CSc1nnc2ccccn12. The average molecular weight is 291 g/mol. The Bertz CT molecular complexity index is 725. The van der Waals surface area contributed by atoms with Crippen molar-refractivity contribution in [1.82, 2.24) is 14.6 Å². The van der Waals surface area contributed by atoms with E-state index in [2.05, 4.69) is 10.2 Å². The van der Waals surface area contributed by atoms with Crippen LogP contribution in [0.1, 0.15) is 5.56 Å². The average Bonchev–Trinajstić information content (AvgIpc) is 2.81. The molecule has 0 amide bonds. The quantitative estimate of drug-likeness (QED) is 0.594. The third-order valence-electron chi connectivity index (χ3n) is 2.75. The fourth-order valence-electron chi connectivity index (χ4n) is 1.76. The van der Waals surface area contributed by atoms with Gasteiger partial charge in [-0.05, 0) is 29.8 Å². The van der Waals surface area contributed by atoms with E-state index in [-0.39, 0.29) is 0 Å². The van der Waals surface area contributed by atoms with Crippen molar-refractivity contribution in [3.63, 3.8) is 0 Å². The Labute approximate surface area is 119 Å². The van der Waals surface area contributed by atoms with Crippen LogP contribution in [0.2, 0.25) is 5.02 Å². The van der Waals surface area contributed by atoms with E-state index >= 15 is 0 Å². The maximum atomic E-state index is 5.93. The van der Waals surface area contributed by atoms with Crippen molar-refractivity contribution in [3.8, 4) is 0 Å². The van der Waals surface area contributed by atoms with Gasteiger partial charge < -0.3 is 5.73 Å². The number of anilines is 1. The molecule has 0 radical (unpaired) electrons. The standard InChI is InChI=1S/C13H11ClN4S/c14-10-5-4-9(11(15)7-10)8-19-13-17-16-12-3-1-2-6-18(12)13/h1-7H,8,15H2. The van der Waals surface area contributed by atoms with Gasteiger partial charge in [-0.25, -0.2) is 0 Å². The van der Waals surface area contributed by atoms with Crippen molar-refractivity contribution in [2.24, 2.45) is 0 Å². The molecule has 0 fully saturated rings. The Balaban J connectivity index is 1.82. The number of halogens is 1. The highest BCUT2D eigenvalue weighted by atomic mass is 35.5. The Hall–Kier alpha value is -1.72. The third-order valence-corrected chi connectivity index (χ3v) is 3.97. The number of aromatic nitrogens is 3. The molecule has 2 aromatic heterocycles. The molecule has 0 aliphatic rings. The summed E-state index contributed by atoms with van der Waals surface area (Å²) in [6.07, 6.45) is 1.95. The van der Waals surface area contributed by atoms with Crippen LogP contribution in [0, 0.1) is 0 Å². The molecule has 0 atom stereocenters. The van der Waals surface area contributed by atoms with Crippen LogP contribution >= 0.6 is 23.4 Å². The van der Waals surface area contributed by atoms with Crippen LogP contribution in [0.4, 0.5) is 5.69 Å². The summed E-state index contributed by atoms with van der Waals surface area (Å²) in [5.41, 5.74) is 8.52. The molecule has 1 aromatic carbocycles. The molecular formula is C13H11ClN4S. The first kappa shape index (κ1) is 12.3. The normalized spacial score (nSPS) is 11.0. The van der Waals surface area contributed by atoms with Gasteiger partial charge in [0.15, 0.2) is 10.8 Å². The predicted octanol–water partition coefficient (Wildman–Crippen LogP) is 3.26. The molecule has 0 unspecified atom stereocenters. The van der Waals surface area contributed by atoms with E-state index in [0.29, 0.717) is 10.7 Å². The molecule has 2 heterocycles. The number of nitrogens with two attached hydrogens (primary N) is 1. The van der Waals surface area contributed by atoms with Crippen LogP contribution in [-0.4, -0.2) is 14.6 Å². The minimum absolute atomic E-state index is 0.652. The molecule has 6 heteroatoms. The molecule has 3 aromatic rings. The van der Waals surface area contributed by atoms with E-state index in [1.165, 1.54) is 0 Å². The molecule has 0 aliphatic carbocycles. The van der Waals surface area contributed by atoms with Crippen LogP contribution in [0.3, 0.4) is 0 Å². The van der Waals surface area contributed by atoms with Crippen molar-refractivity contribution in [3.05, 3.63) is 53.2 Å². The second-order valence-corrected chi connectivity index (χ2v) is 5.42. The first-order chi connectivity index (χ1) is 9.24. The topological polar surface area (TPSA) is 56.2 Å². The lowest BCUT2D eigenvalue weighted by molar-refractivity contribution is 0.921. The van der Waals surface area contributed by atoms with E-state index in [9.17, 15) is 0 Å². The fourth-order valence-corrected chi connectivity index (χ4v) is 2.88. The summed E-state index contributed by atoms with van der Waals surface area (Å²) in [5, 5.41) is 9.78. The van der Waals surface area contributed by atoms with Gasteiger partial charge in [0.1, 0.15) is 0 Å². The van der Waals surface area contributed by atoms with Crippen molar-refractivity contribution in [2.45, 2.75) is 10.9 Å². The predicted molar refractivity (Wildman–Crippen MR) is 78.4 cm³/mol. The highest BCUT2D eigenvalue weighted by Gasteiger charge is 2.07. The highest BCUT2D eigenvalue weighted by Crippen LogP contribution is 2.26. The Kier molecular flexibility index (Phi) is 3.31. The summed E-state index contributed by atoms with van der Waals surface area (Å²) in [7, 11) is 0. The molecule has 4 nitrogen and oxygen atoms in total. The number of hydrogen-bond acceptors (Lipinski definition) is 4. The van der Waals surface area contributed by atoms with Crippen molar-refractivity contribution in [2.75, 3.05) is 5.73 Å². The maximum absolute atomic E-state index is 5.93. The molecule has 0 saturated heterocycles. The number of pyridine rings is 1. The number of fused-ring (bicyclic) bond motifs is 1. The Morgan fingerprint density at radius 2 is 2.11 bits per heavy atom. The molecule has 0 aliphatic heterocycles. The molecule has 0 saturated carbocycles. The van der Waals surface area contributed by atoms with Crippen LogP contribution in [0.25, 0.3) is 5.65 Å². The van der Waals surface area contributed by atoms with Crippen LogP contribution in [0.15, 0.2) is 47.8 Å². The Morgan fingerprint density at radius 3 is 2.95 bits per heavy atom. The first-order valence-corrected chi connectivity index (χ1v) is 7.07. The summed E-state index contributed by atoms with van der Waals surface area (Å²) in [5.74, 6) is 0.735. The third kappa shape index (κ3) is 2.52. The number of rotatable bonds is 3. The van der Waals surface area contributed by atoms with Crippen LogP contribution in [0.5, 0.6) is 0 Å². The van der Waals surface area contributed by atoms with Gasteiger partial charge in [0, 0.05) is 22.7 Å². The first-order valence-electron chi connectivity index (χ1n) is 5.70. The molecule has 3 rings (SSSR count). The zero-order valence-electron chi connectivity index (χ0n) is 9.95. The van der Waals surface area contributed by atoms with Gasteiger partial charge in [0.2, 0.25) is 0 Å². The summed E-state index contributed by atoms with van der Waals surface area (Å²) in [6, 6.07) is 11.4. The number of hydrogen-bond donors (Lipinski definition) is 1. The lowest BCUT2D eigenvalue weighted by Crippen LogP contribution is -1.93. The van der Waals surface area contributed by atoms with E-state index < -0.39 is 0 Å². The molecule has 0 bridgehead atoms. The minimum atomic E-state index is 0.652. The number of thioether (sulfide) groups is 1. The van der Waals surface area contributed by atoms with E-state index in [1.807, 2.05) is 40.9 Å². The molecule has 19 heavy (non-hydrogen) atoms. The lowest BCUT2D eigenvalue weighted by atomic mass is 10.2. The highest BCUT2D eigenvalue weighted by molar-refractivity contribution is 7.98. The molecule has 0 spiro atoms. The van der Waals surface area contributed by atoms with Gasteiger partial charge in [-0.3, -0.25) is 4.40 Å². The van der Waals surface area contributed by atoms with Crippen LogP contribution in [-0.2, 0) is 5.75 Å². The minimum Gasteiger partial charge on any atom is -0.398 e. The smallest absolute Gasteiger partial charge is 0.195 e. The van der Waals surface area contributed by atoms with Gasteiger partial charge in [0.05, 0.1) is 0 Å². The van der Waals surface area contributed by atoms with E-state index in [1.54, 1.807) is 17.8 Å². The largest absolute Gasteiger partial charge is 0.398 e. The second kappa shape index (κ2) is 5.11. The van der Waals surface area contributed by atoms with E-state index in [0.717, 1.165) is 22.1 Å². The summed E-state index contributed by atoms with van der Waals surface area (Å²) < 4.78 is 1.96. The second-order valence-electron chi connectivity index (χ2n) is 4.04. The van der Waals surface area contributed by atoms with Gasteiger partial charge in [-0.2, -0.15) is 0 Å². The van der Waals surface area contributed by atoms with Crippen molar-refractivity contribution in [1.29, 1.82) is 0 Å². The molecule has 2 N–H and O–H groups in total. The van der Waals surface area contributed by atoms with Crippen molar-refractivity contribution < 1.29 is 0 Å². The zero-order valence-corrected chi connectivity index (χ0v) is 11.5. The fraction of sp³-hybridized carbons (Fsp3) is 0.0769. The number of benzene rings is 1.